The fraction of sp³-hybridized carbons (Fsp3) is 0.538. The summed E-state index contributed by atoms with van der Waals surface area (Å²) in [5, 5.41) is 20.4. The van der Waals surface area contributed by atoms with Gasteiger partial charge in [0.2, 0.25) is 0 Å². The van der Waals surface area contributed by atoms with Crippen LogP contribution in [-0.2, 0) is 11.2 Å². The molecule has 1 aromatic carbocycles. The highest BCUT2D eigenvalue weighted by molar-refractivity contribution is 6.45. The number of morpholine rings is 1. The molecule has 0 amide bonds. The molecule has 2 bridgehead atoms. The van der Waals surface area contributed by atoms with Gasteiger partial charge in [0.05, 0.1) is 17.1 Å². The lowest BCUT2D eigenvalue weighted by Gasteiger charge is -2.33. The van der Waals surface area contributed by atoms with E-state index in [4.69, 9.17) is 4.74 Å². The summed E-state index contributed by atoms with van der Waals surface area (Å²) in [7, 11) is -0.456. The predicted octanol–water partition coefficient (Wildman–Crippen LogP) is 1.09. The van der Waals surface area contributed by atoms with E-state index in [0.29, 0.717) is 13.2 Å². The maximum Gasteiger partial charge on any atom is 0.376 e. The van der Waals surface area contributed by atoms with Crippen LogP contribution in [0.15, 0.2) is 24.3 Å². The predicted molar refractivity (Wildman–Crippen MR) is 74.4 cm³/mol. The molecule has 106 valence electrons. The second kappa shape index (κ2) is 4.84. The van der Waals surface area contributed by atoms with Crippen LogP contribution in [0.4, 0.5) is 5.69 Å². The molecule has 0 aliphatic carbocycles. The Morgan fingerprint density at radius 3 is 2.80 bits per heavy atom. The van der Waals surface area contributed by atoms with Crippen molar-refractivity contribution in [1.82, 2.24) is 4.81 Å². The number of nitrogens with zero attached hydrogens (tertiary/aromatic N) is 2. The minimum atomic E-state index is -0.456. The fourth-order valence-electron chi connectivity index (χ4n) is 3.33. The van der Waals surface area contributed by atoms with Crippen LogP contribution in [0.25, 0.3) is 0 Å². The molecule has 0 saturated carbocycles. The zero-order valence-corrected chi connectivity index (χ0v) is 11.4. The van der Waals surface area contributed by atoms with Gasteiger partial charge in [-0.15, -0.1) is 0 Å². The average Bonchev–Trinajstić information content (AvgIpc) is 2.97. The monoisotopic (exact) mass is 276 g/mol. The topological polar surface area (TPSA) is 75.8 Å². The lowest BCUT2D eigenvalue weighted by Crippen LogP contribution is -2.49. The average molecular weight is 276 g/mol. The van der Waals surface area contributed by atoms with Crippen molar-refractivity contribution >= 4 is 12.7 Å². The highest BCUT2D eigenvalue weighted by atomic mass is 16.6. The molecule has 2 fully saturated rings. The lowest BCUT2D eigenvalue weighted by atomic mass is 9.84. The second-order valence-corrected chi connectivity index (χ2v) is 5.76. The molecule has 0 spiro atoms. The highest BCUT2D eigenvalue weighted by Crippen LogP contribution is 2.40. The van der Waals surface area contributed by atoms with E-state index in [1.807, 2.05) is 0 Å². The van der Waals surface area contributed by atoms with Gasteiger partial charge in [-0.25, -0.2) is 0 Å². The maximum atomic E-state index is 10.6. The van der Waals surface area contributed by atoms with Crippen LogP contribution in [0.1, 0.15) is 12.0 Å². The molecular formula is C13H17BN2O4. The molecule has 1 N–H and O–H groups in total. The third-order valence-corrected chi connectivity index (χ3v) is 4.28. The SMILES string of the molecule is CB(O)N1C[C@]2(Cc3ccc([N+](=O)[O-])cc3)C[C@H]1CO2. The van der Waals surface area contributed by atoms with Gasteiger partial charge >= 0.3 is 7.05 Å². The Bertz CT molecular complexity index is 522. The van der Waals surface area contributed by atoms with E-state index in [1.54, 1.807) is 19.0 Å². The Labute approximate surface area is 117 Å². The van der Waals surface area contributed by atoms with Gasteiger partial charge in [-0.2, -0.15) is 0 Å². The summed E-state index contributed by atoms with van der Waals surface area (Å²) < 4.78 is 5.91. The Kier molecular flexibility index (Phi) is 3.28. The molecule has 2 atom stereocenters. The van der Waals surface area contributed by atoms with Crippen molar-refractivity contribution in [2.75, 3.05) is 13.2 Å². The van der Waals surface area contributed by atoms with Gasteiger partial charge in [0.25, 0.3) is 5.69 Å². The minimum absolute atomic E-state index is 0.105. The first kappa shape index (κ1) is 13.5. The number of nitro benzene ring substituents is 1. The standard InChI is InChI=1S/C13H17BN2O4/c1-14(17)15-9-13(7-12(15)8-20-13)6-10-2-4-11(5-3-10)16(18)19/h2-5,12,17H,6-9H2,1H3/t12-,13-/m0/s1. The first-order chi connectivity index (χ1) is 9.49. The number of non-ortho nitro benzene ring substituents is 1. The smallest absolute Gasteiger partial charge is 0.376 e. The molecule has 2 aliphatic heterocycles. The summed E-state index contributed by atoms with van der Waals surface area (Å²) in [6.45, 7) is 3.14. The number of hydrogen-bond acceptors (Lipinski definition) is 5. The molecule has 2 saturated heterocycles. The van der Waals surface area contributed by atoms with Gasteiger partial charge in [0.15, 0.2) is 0 Å². The molecule has 2 aliphatic rings. The number of hydrogen-bond donors (Lipinski definition) is 1. The van der Waals surface area contributed by atoms with E-state index in [1.165, 1.54) is 12.1 Å². The van der Waals surface area contributed by atoms with E-state index in [0.717, 1.165) is 18.4 Å². The van der Waals surface area contributed by atoms with Crippen molar-refractivity contribution in [3.05, 3.63) is 39.9 Å². The van der Waals surface area contributed by atoms with Crippen molar-refractivity contribution < 1.29 is 14.7 Å². The summed E-state index contributed by atoms with van der Waals surface area (Å²) >= 11 is 0. The molecule has 0 radical (unpaired) electrons. The van der Waals surface area contributed by atoms with Gasteiger partial charge in [-0.1, -0.05) is 12.1 Å². The Balaban J connectivity index is 1.73. The van der Waals surface area contributed by atoms with Gasteiger partial charge in [-0.05, 0) is 18.8 Å². The quantitative estimate of drug-likeness (QED) is 0.506. The van der Waals surface area contributed by atoms with Crippen LogP contribution in [0.5, 0.6) is 0 Å². The van der Waals surface area contributed by atoms with Gasteiger partial charge < -0.3 is 14.6 Å². The number of rotatable bonds is 4. The molecule has 0 aromatic heterocycles. The van der Waals surface area contributed by atoms with Crippen LogP contribution in [0, 0.1) is 10.1 Å². The molecular weight excluding hydrogens is 259 g/mol. The number of fused-ring (bicyclic) bond motifs is 2. The zero-order chi connectivity index (χ0) is 14.3. The third kappa shape index (κ3) is 2.32. The van der Waals surface area contributed by atoms with Crippen molar-refractivity contribution in [3.8, 4) is 0 Å². The minimum Gasteiger partial charge on any atom is -0.437 e. The molecule has 3 rings (SSSR count). The highest BCUT2D eigenvalue weighted by Gasteiger charge is 2.52. The fourth-order valence-corrected chi connectivity index (χ4v) is 3.33. The summed E-state index contributed by atoms with van der Waals surface area (Å²) in [5.41, 5.74) is 0.884. The van der Waals surface area contributed by atoms with E-state index >= 15 is 0 Å². The number of benzene rings is 1. The van der Waals surface area contributed by atoms with Crippen LogP contribution in [0.3, 0.4) is 0 Å². The van der Waals surface area contributed by atoms with Crippen molar-refractivity contribution in [2.45, 2.75) is 31.3 Å². The summed E-state index contributed by atoms with van der Waals surface area (Å²) in [6, 6.07) is 6.91. The first-order valence-corrected chi connectivity index (χ1v) is 6.80. The molecule has 20 heavy (non-hydrogen) atoms. The van der Waals surface area contributed by atoms with E-state index in [-0.39, 0.29) is 17.3 Å². The van der Waals surface area contributed by atoms with E-state index in [9.17, 15) is 15.1 Å². The second-order valence-electron chi connectivity index (χ2n) is 5.76. The Morgan fingerprint density at radius 1 is 1.55 bits per heavy atom. The molecule has 2 heterocycles. The Hall–Kier alpha value is -1.44. The number of nitro groups is 1. The summed E-state index contributed by atoms with van der Waals surface area (Å²) in [4.78, 5) is 12.3. The first-order valence-electron chi connectivity index (χ1n) is 6.80. The van der Waals surface area contributed by atoms with Crippen LogP contribution < -0.4 is 0 Å². The summed E-state index contributed by atoms with van der Waals surface area (Å²) in [6.07, 6.45) is 1.64. The molecule has 0 unspecified atom stereocenters. The van der Waals surface area contributed by atoms with Crippen LogP contribution >= 0.6 is 0 Å². The third-order valence-electron chi connectivity index (χ3n) is 4.28. The largest absolute Gasteiger partial charge is 0.437 e. The molecule has 6 nitrogen and oxygen atoms in total. The van der Waals surface area contributed by atoms with Crippen LogP contribution in [0.2, 0.25) is 6.82 Å². The lowest BCUT2D eigenvalue weighted by molar-refractivity contribution is -0.384. The van der Waals surface area contributed by atoms with Crippen molar-refractivity contribution in [1.29, 1.82) is 0 Å². The Morgan fingerprint density at radius 2 is 2.25 bits per heavy atom. The molecule has 1 aromatic rings. The van der Waals surface area contributed by atoms with Crippen LogP contribution in [-0.4, -0.2) is 46.6 Å². The van der Waals surface area contributed by atoms with Gasteiger partial charge in [0.1, 0.15) is 0 Å². The van der Waals surface area contributed by atoms with Gasteiger partial charge in [-0.3, -0.25) is 10.1 Å². The molecule has 7 heteroatoms. The van der Waals surface area contributed by atoms with Gasteiger partial charge in [0, 0.05) is 31.1 Å². The number of ether oxygens (including phenoxy) is 1. The van der Waals surface area contributed by atoms with Crippen molar-refractivity contribution in [3.63, 3.8) is 0 Å². The van der Waals surface area contributed by atoms with Crippen molar-refractivity contribution in [2.24, 2.45) is 0 Å². The maximum absolute atomic E-state index is 10.6. The van der Waals surface area contributed by atoms with E-state index < -0.39 is 12.0 Å². The van der Waals surface area contributed by atoms with E-state index in [2.05, 4.69) is 4.81 Å². The normalized spacial score (nSPS) is 28.8. The zero-order valence-electron chi connectivity index (χ0n) is 11.4. The summed E-state index contributed by atoms with van der Waals surface area (Å²) in [5.74, 6) is 0.